The maximum absolute atomic E-state index is 4.64. The summed E-state index contributed by atoms with van der Waals surface area (Å²) in [4.78, 5) is 14.6. The fourth-order valence-electron chi connectivity index (χ4n) is 17.8. The van der Waals surface area contributed by atoms with Crippen molar-refractivity contribution in [3.05, 3.63) is 227 Å². The van der Waals surface area contributed by atoms with Gasteiger partial charge in [-0.15, -0.1) is 0 Å². The molecule has 11 aromatic rings. The summed E-state index contributed by atoms with van der Waals surface area (Å²) in [6, 6.07) is 67.4. The summed E-state index contributed by atoms with van der Waals surface area (Å²) in [5.41, 5.74) is 25.6. The molecule has 6 aliphatic rings. The second kappa shape index (κ2) is 15.6. The molecule has 79 heavy (non-hydrogen) atoms. The van der Waals surface area contributed by atoms with Crippen LogP contribution < -0.4 is 9.80 Å². The topological polar surface area (TPSA) is 32.3 Å². The molecule has 0 N–H and O–H groups in total. The molecule has 4 aliphatic carbocycles. The SMILES string of the molecule is Cc1cc(N2c3ccc(-c4ccc5c(c4)C4(c6cc(-c7ccc8c(c7)C7(C)CCCCC7(C)N8c7ccnc(C)c7)ccc6-5)c5ccccc5-c5c4cc4ccc6cccc7ccc5c4c67)cc3C3(C)CCCCC23C)ccn1. The Hall–Kier alpha value is -8.08. The molecule has 4 heteroatoms. The third-order valence-electron chi connectivity index (χ3n) is 21.9. The fraction of sp³-hybridized carbons (Fsp3) is 0.253. The van der Waals surface area contributed by atoms with Crippen molar-refractivity contribution in [3.8, 4) is 44.5 Å². The summed E-state index contributed by atoms with van der Waals surface area (Å²) in [6.07, 6.45) is 13.6. The molecular formula is C75H64N4. The Kier molecular flexibility index (Phi) is 9.06. The highest BCUT2D eigenvalue weighted by Crippen LogP contribution is 2.67. The Morgan fingerprint density at radius 3 is 1.43 bits per heavy atom. The highest BCUT2D eigenvalue weighted by Gasteiger charge is 2.60. The van der Waals surface area contributed by atoms with Crippen molar-refractivity contribution < 1.29 is 0 Å². The summed E-state index contributed by atoms with van der Waals surface area (Å²) in [6.45, 7) is 14.4. The molecule has 0 radical (unpaired) electrons. The molecule has 384 valence electrons. The molecule has 0 saturated heterocycles. The van der Waals surface area contributed by atoms with Crippen LogP contribution >= 0.6 is 0 Å². The van der Waals surface area contributed by atoms with Crippen LogP contribution in [0.2, 0.25) is 0 Å². The lowest BCUT2D eigenvalue weighted by Crippen LogP contribution is -2.54. The van der Waals surface area contributed by atoms with Crippen LogP contribution in [-0.2, 0) is 16.2 Å². The van der Waals surface area contributed by atoms with E-state index in [1.165, 1.54) is 171 Å². The number of benzene rings is 9. The summed E-state index contributed by atoms with van der Waals surface area (Å²) in [7, 11) is 0. The molecule has 1 spiro atoms. The van der Waals surface area contributed by atoms with E-state index in [-0.39, 0.29) is 21.9 Å². The van der Waals surface area contributed by atoms with E-state index >= 15 is 0 Å². The molecule has 0 bridgehead atoms. The lowest BCUT2D eigenvalue weighted by molar-refractivity contribution is 0.195. The van der Waals surface area contributed by atoms with Gasteiger partial charge in [0.25, 0.3) is 0 Å². The Morgan fingerprint density at radius 2 is 0.873 bits per heavy atom. The highest BCUT2D eigenvalue weighted by atomic mass is 15.3. The number of anilines is 4. The standard InChI is InChI=1S/C75H64N4/c1-45-38-54(30-36-76-45)78-66-28-23-51(42-63(66)71(3)32-9-11-34-73(71,78)5)49-21-25-56-57-26-22-50(52-24-29-67-64(43-52)72(4)33-10-12-35-74(72,6)79(67)55-31-37-77-46(2)39-55)41-62(57)75(61(56)40-49)60-17-8-7-16-58(60)70-59-27-20-48-15-13-14-47-18-19-53(44-65(70)75)69(59)68(47)48/h7-8,13-31,36-44H,9-12,32-35H2,1-6H3. The van der Waals surface area contributed by atoms with E-state index in [0.717, 1.165) is 24.2 Å². The quantitative estimate of drug-likeness (QED) is 0.164. The average Bonchev–Trinajstić information content (AvgIpc) is 3.24. The molecule has 0 amide bonds. The van der Waals surface area contributed by atoms with Crippen molar-refractivity contribution in [2.45, 2.75) is 120 Å². The monoisotopic (exact) mass is 1020 g/mol. The van der Waals surface area contributed by atoms with Crippen molar-refractivity contribution in [2.75, 3.05) is 9.80 Å². The summed E-state index contributed by atoms with van der Waals surface area (Å²) >= 11 is 0. The number of hydrogen-bond acceptors (Lipinski definition) is 4. The molecule has 4 atom stereocenters. The van der Waals surface area contributed by atoms with Gasteiger partial charge in [0.05, 0.1) is 16.5 Å². The Morgan fingerprint density at radius 1 is 0.380 bits per heavy atom. The van der Waals surface area contributed by atoms with Gasteiger partial charge >= 0.3 is 0 Å². The van der Waals surface area contributed by atoms with E-state index in [1.54, 1.807) is 0 Å². The zero-order chi connectivity index (χ0) is 53.0. The summed E-state index contributed by atoms with van der Waals surface area (Å²) < 4.78 is 0. The van der Waals surface area contributed by atoms with Gasteiger partial charge in [-0.05, 0) is 230 Å². The molecule has 9 aromatic carbocycles. The predicted octanol–water partition coefficient (Wildman–Crippen LogP) is 19.2. The van der Waals surface area contributed by atoms with Crippen LogP contribution in [0.5, 0.6) is 0 Å². The van der Waals surface area contributed by atoms with Gasteiger partial charge in [0.1, 0.15) is 0 Å². The van der Waals surface area contributed by atoms with Crippen LogP contribution in [0.1, 0.15) is 124 Å². The Balaban J connectivity index is 0.897. The Labute approximate surface area is 464 Å². The molecule has 4 unspecified atom stereocenters. The van der Waals surface area contributed by atoms with Crippen LogP contribution in [0.25, 0.3) is 76.8 Å². The number of aryl methyl sites for hydroxylation is 2. The predicted molar refractivity (Wildman–Crippen MR) is 328 cm³/mol. The van der Waals surface area contributed by atoms with E-state index in [9.17, 15) is 0 Å². The van der Waals surface area contributed by atoms with Gasteiger partial charge in [-0.3, -0.25) is 9.97 Å². The molecule has 2 aromatic heterocycles. The lowest BCUT2D eigenvalue weighted by atomic mass is 9.61. The van der Waals surface area contributed by atoms with Crippen molar-refractivity contribution in [1.82, 2.24) is 9.97 Å². The van der Waals surface area contributed by atoms with E-state index in [1.807, 2.05) is 12.4 Å². The second-order valence-corrected chi connectivity index (χ2v) is 25.5. The highest BCUT2D eigenvalue weighted by molar-refractivity contribution is 6.27. The number of aromatic nitrogens is 2. The largest absolute Gasteiger partial charge is 0.334 e. The summed E-state index contributed by atoms with van der Waals surface area (Å²) in [5, 5.41) is 7.99. The number of pyridine rings is 2. The normalized spacial score (nSPS) is 24.9. The van der Waals surface area contributed by atoms with Gasteiger partial charge in [0.15, 0.2) is 0 Å². The van der Waals surface area contributed by atoms with E-state index in [0.29, 0.717) is 0 Å². The van der Waals surface area contributed by atoms with E-state index < -0.39 is 5.41 Å². The number of rotatable bonds is 4. The van der Waals surface area contributed by atoms with Crippen molar-refractivity contribution in [1.29, 1.82) is 0 Å². The summed E-state index contributed by atoms with van der Waals surface area (Å²) in [5.74, 6) is 0. The van der Waals surface area contributed by atoms with E-state index in [2.05, 4.69) is 231 Å². The molecule has 2 aliphatic heterocycles. The van der Waals surface area contributed by atoms with Crippen LogP contribution in [0, 0.1) is 13.8 Å². The molecular weight excluding hydrogens is 957 g/mol. The molecule has 2 saturated carbocycles. The average molecular weight is 1020 g/mol. The molecule has 4 heterocycles. The second-order valence-electron chi connectivity index (χ2n) is 25.5. The number of nitrogens with zero attached hydrogens (tertiary/aromatic N) is 4. The maximum atomic E-state index is 4.64. The van der Waals surface area contributed by atoms with Crippen LogP contribution in [0.4, 0.5) is 22.7 Å². The Bertz CT molecular complexity index is 4270. The van der Waals surface area contributed by atoms with Crippen LogP contribution in [0.15, 0.2) is 182 Å². The third-order valence-corrected chi connectivity index (χ3v) is 21.9. The molecule has 2 fully saturated rings. The van der Waals surface area contributed by atoms with Gasteiger partial charge < -0.3 is 9.80 Å². The van der Waals surface area contributed by atoms with Gasteiger partial charge in [-0.2, -0.15) is 0 Å². The molecule has 17 rings (SSSR count). The first-order valence-electron chi connectivity index (χ1n) is 29.3. The van der Waals surface area contributed by atoms with E-state index in [4.69, 9.17) is 0 Å². The van der Waals surface area contributed by atoms with Gasteiger partial charge in [-0.25, -0.2) is 0 Å². The minimum absolute atomic E-state index is 0.0113. The third kappa shape index (κ3) is 5.65. The maximum Gasteiger partial charge on any atom is 0.0726 e. The van der Waals surface area contributed by atoms with Crippen molar-refractivity contribution >= 4 is 55.1 Å². The van der Waals surface area contributed by atoms with Gasteiger partial charge in [0.2, 0.25) is 0 Å². The minimum Gasteiger partial charge on any atom is -0.334 e. The lowest BCUT2D eigenvalue weighted by Gasteiger charge is -2.50. The smallest absolute Gasteiger partial charge is 0.0726 e. The first-order chi connectivity index (χ1) is 38.4. The number of hydrogen-bond donors (Lipinski definition) is 0. The van der Waals surface area contributed by atoms with Gasteiger partial charge in [-0.1, -0.05) is 143 Å². The first kappa shape index (κ1) is 45.9. The zero-order valence-corrected chi connectivity index (χ0v) is 46.3. The fourth-order valence-corrected chi connectivity index (χ4v) is 17.8. The van der Waals surface area contributed by atoms with Crippen molar-refractivity contribution in [2.24, 2.45) is 0 Å². The number of fused-ring (bicyclic) bond motifs is 17. The zero-order valence-electron chi connectivity index (χ0n) is 46.3. The van der Waals surface area contributed by atoms with Crippen LogP contribution in [-0.4, -0.2) is 21.0 Å². The first-order valence-corrected chi connectivity index (χ1v) is 29.3. The minimum atomic E-state index is -0.575. The van der Waals surface area contributed by atoms with Gasteiger partial charge in [0, 0.05) is 57.4 Å². The van der Waals surface area contributed by atoms with Crippen molar-refractivity contribution in [3.63, 3.8) is 0 Å². The van der Waals surface area contributed by atoms with Crippen LogP contribution in [0.3, 0.4) is 0 Å². The molecule has 4 nitrogen and oxygen atoms in total.